The fourth-order valence-corrected chi connectivity index (χ4v) is 2.84. The Bertz CT molecular complexity index is 398. The molecule has 0 spiro atoms. The molecule has 4 heteroatoms. The van der Waals surface area contributed by atoms with Gasteiger partial charge in [-0.1, -0.05) is 49.5 Å². The summed E-state index contributed by atoms with van der Waals surface area (Å²) in [5.41, 5.74) is 1.11. The van der Waals surface area contributed by atoms with E-state index in [0.29, 0.717) is 5.02 Å². The van der Waals surface area contributed by atoms with Crippen molar-refractivity contribution in [1.29, 1.82) is 0 Å². The van der Waals surface area contributed by atoms with E-state index in [2.05, 4.69) is 19.2 Å². The number of benzene rings is 1. The summed E-state index contributed by atoms with van der Waals surface area (Å²) in [6, 6.07) is 5.97. The quantitative estimate of drug-likeness (QED) is 0.711. The largest absolute Gasteiger partial charge is 0.380 e. The first-order valence-electron chi connectivity index (χ1n) is 7.32. The van der Waals surface area contributed by atoms with Crippen LogP contribution in [0, 0.1) is 0 Å². The fraction of sp³-hybridized carbons (Fsp3) is 0.625. The zero-order valence-electron chi connectivity index (χ0n) is 12.6. The van der Waals surface area contributed by atoms with Gasteiger partial charge in [0.25, 0.3) is 0 Å². The average Bonchev–Trinajstić information content (AvgIpc) is 2.43. The highest BCUT2D eigenvalue weighted by molar-refractivity contribution is 6.35. The molecule has 1 rings (SSSR count). The molecule has 0 saturated heterocycles. The minimum atomic E-state index is 0.207. The Kier molecular flexibility index (Phi) is 8.55. The maximum atomic E-state index is 6.28. The van der Waals surface area contributed by atoms with Gasteiger partial charge in [-0.2, -0.15) is 0 Å². The predicted octanol–water partition coefficient (Wildman–Crippen LogP) is 4.72. The summed E-state index contributed by atoms with van der Waals surface area (Å²) in [4.78, 5) is 0. The third kappa shape index (κ3) is 5.61. The molecule has 2 nitrogen and oxygen atoms in total. The monoisotopic (exact) mass is 317 g/mol. The lowest BCUT2D eigenvalue weighted by molar-refractivity contribution is 0.0609. The molecule has 0 heterocycles. The summed E-state index contributed by atoms with van der Waals surface area (Å²) in [6.07, 6.45) is 4.32. The molecular weight excluding hydrogens is 293 g/mol. The van der Waals surface area contributed by atoms with Crippen LogP contribution >= 0.6 is 23.2 Å². The minimum absolute atomic E-state index is 0.207. The van der Waals surface area contributed by atoms with Gasteiger partial charge in [0.1, 0.15) is 0 Å². The topological polar surface area (TPSA) is 21.3 Å². The van der Waals surface area contributed by atoms with E-state index in [9.17, 15) is 0 Å². The van der Waals surface area contributed by atoms with Crippen molar-refractivity contribution in [3.63, 3.8) is 0 Å². The Morgan fingerprint density at radius 1 is 1.20 bits per heavy atom. The number of methoxy groups -OCH3 is 1. The van der Waals surface area contributed by atoms with Crippen molar-refractivity contribution in [2.75, 3.05) is 13.7 Å². The van der Waals surface area contributed by atoms with E-state index in [0.717, 1.165) is 42.8 Å². The van der Waals surface area contributed by atoms with Crippen molar-refractivity contribution in [3.05, 3.63) is 33.8 Å². The molecule has 0 fully saturated rings. The van der Waals surface area contributed by atoms with Gasteiger partial charge in [-0.25, -0.2) is 0 Å². The molecule has 1 aromatic rings. The Morgan fingerprint density at radius 2 is 1.95 bits per heavy atom. The highest BCUT2D eigenvalue weighted by Gasteiger charge is 2.21. The molecule has 0 saturated carbocycles. The van der Waals surface area contributed by atoms with Crippen LogP contribution < -0.4 is 5.32 Å². The molecule has 1 N–H and O–H groups in total. The molecule has 1 aromatic carbocycles. The Labute approximate surface area is 132 Å². The predicted molar refractivity (Wildman–Crippen MR) is 88.0 cm³/mol. The molecule has 0 bridgehead atoms. The summed E-state index contributed by atoms with van der Waals surface area (Å²) >= 11 is 12.2. The van der Waals surface area contributed by atoms with Crippen molar-refractivity contribution in [3.8, 4) is 0 Å². The van der Waals surface area contributed by atoms with Gasteiger partial charge in [-0.05, 0) is 43.5 Å². The average molecular weight is 318 g/mol. The van der Waals surface area contributed by atoms with Gasteiger partial charge in [0.15, 0.2) is 0 Å². The van der Waals surface area contributed by atoms with Gasteiger partial charge in [0.2, 0.25) is 0 Å². The summed E-state index contributed by atoms with van der Waals surface area (Å²) < 4.78 is 5.65. The van der Waals surface area contributed by atoms with E-state index in [1.165, 1.54) is 0 Å². The zero-order valence-corrected chi connectivity index (χ0v) is 14.1. The molecule has 0 aliphatic carbocycles. The number of nitrogens with one attached hydrogen (secondary N) is 1. The molecular formula is C16H25Cl2NO. The maximum absolute atomic E-state index is 6.28. The van der Waals surface area contributed by atoms with Crippen LogP contribution in [0.2, 0.25) is 10.0 Å². The van der Waals surface area contributed by atoms with Crippen molar-refractivity contribution in [1.82, 2.24) is 5.32 Å². The van der Waals surface area contributed by atoms with Crippen LogP contribution in [-0.2, 0) is 11.2 Å². The SMILES string of the molecule is CCCNC(Cc1ccc(Cl)cc1Cl)C(CCC)OC. The Hall–Kier alpha value is -0.280. The van der Waals surface area contributed by atoms with Crippen molar-refractivity contribution >= 4 is 23.2 Å². The molecule has 114 valence electrons. The summed E-state index contributed by atoms with van der Waals surface area (Å²) in [5, 5.41) is 4.98. The third-order valence-corrected chi connectivity index (χ3v) is 4.02. The number of hydrogen-bond donors (Lipinski definition) is 1. The second kappa shape index (κ2) is 9.62. The zero-order chi connectivity index (χ0) is 15.0. The normalized spacial score (nSPS) is 14.2. The lowest BCUT2D eigenvalue weighted by Gasteiger charge is -2.27. The van der Waals surface area contributed by atoms with Crippen LogP contribution in [0.25, 0.3) is 0 Å². The number of hydrogen-bond acceptors (Lipinski definition) is 2. The lowest BCUT2D eigenvalue weighted by Crippen LogP contribution is -2.43. The molecule has 0 aliphatic heterocycles. The van der Waals surface area contributed by atoms with Crippen molar-refractivity contribution in [2.24, 2.45) is 0 Å². The first-order valence-corrected chi connectivity index (χ1v) is 8.08. The smallest absolute Gasteiger partial charge is 0.0727 e. The summed E-state index contributed by atoms with van der Waals surface area (Å²) in [7, 11) is 1.78. The van der Waals surface area contributed by atoms with Crippen LogP contribution in [0.15, 0.2) is 18.2 Å². The van der Waals surface area contributed by atoms with Crippen LogP contribution in [0.1, 0.15) is 38.7 Å². The number of halogens is 2. The maximum Gasteiger partial charge on any atom is 0.0727 e. The molecule has 0 aliphatic rings. The molecule has 20 heavy (non-hydrogen) atoms. The van der Waals surface area contributed by atoms with Gasteiger partial charge in [0, 0.05) is 23.2 Å². The van der Waals surface area contributed by atoms with Gasteiger partial charge in [-0.3, -0.25) is 0 Å². The van der Waals surface area contributed by atoms with E-state index >= 15 is 0 Å². The Morgan fingerprint density at radius 3 is 2.50 bits per heavy atom. The number of ether oxygens (including phenoxy) is 1. The Balaban J connectivity index is 2.81. The highest BCUT2D eigenvalue weighted by atomic mass is 35.5. The van der Waals surface area contributed by atoms with Crippen LogP contribution in [0.4, 0.5) is 0 Å². The first-order chi connectivity index (χ1) is 9.62. The van der Waals surface area contributed by atoms with Gasteiger partial charge in [0.05, 0.1) is 6.10 Å². The van der Waals surface area contributed by atoms with Gasteiger partial charge >= 0.3 is 0 Å². The molecule has 2 atom stereocenters. The van der Waals surface area contributed by atoms with Crippen LogP contribution in [0.3, 0.4) is 0 Å². The summed E-state index contributed by atoms with van der Waals surface area (Å²) in [6.45, 7) is 5.33. The van der Waals surface area contributed by atoms with Gasteiger partial charge < -0.3 is 10.1 Å². The van der Waals surface area contributed by atoms with Crippen LogP contribution in [-0.4, -0.2) is 25.8 Å². The summed E-state index contributed by atoms with van der Waals surface area (Å²) in [5.74, 6) is 0. The lowest BCUT2D eigenvalue weighted by atomic mass is 9.98. The molecule has 0 radical (unpaired) electrons. The number of rotatable bonds is 9. The second-order valence-electron chi connectivity index (χ2n) is 5.06. The van der Waals surface area contributed by atoms with Crippen molar-refractivity contribution < 1.29 is 4.74 Å². The van der Waals surface area contributed by atoms with E-state index < -0.39 is 0 Å². The first kappa shape index (κ1) is 17.8. The molecule has 0 amide bonds. The second-order valence-corrected chi connectivity index (χ2v) is 5.91. The standard InChI is InChI=1S/C16H25Cl2NO/c1-4-6-16(20-3)15(19-9-5-2)10-12-7-8-13(17)11-14(12)18/h7-8,11,15-16,19H,4-6,9-10H2,1-3H3. The highest BCUT2D eigenvalue weighted by Crippen LogP contribution is 2.23. The van der Waals surface area contributed by atoms with Gasteiger partial charge in [-0.15, -0.1) is 0 Å². The van der Waals surface area contributed by atoms with E-state index in [1.54, 1.807) is 13.2 Å². The molecule has 0 aromatic heterocycles. The molecule has 2 unspecified atom stereocenters. The van der Waals surface area contributed by atoms with E-state index in [4.69, 9.17) is 27.9 Å². The fourth-order valence-electron chi connectivity index (χ4n) is 2.36. The van der Waals surface area contributed by atoms with E-state index in [1.807, 2.05) is 12.1 Å². The minimum Gasteiger partial charge on any atom is -0.380 e. The van der Waals surface area contributed by atoms with Crippen LogP contribution in [0.5, 0.6) is 0 Å². The third-order valence-electron chi connectivity index (χ3n) is 3.44. The van der Waals surface area contributed by atoms with E-state index in [-0.39, 0.29) is 12.1 Å². The van der Waals surface area contributed by atoms with Crippen molar-refractivity contribution in [2.45, 2.75) is 51.7 Å².